The fourth-order valence-corrected chi connectivity index (χ4v) is 2.36. The number of aromatic nitrogens is 4. The van der Waals surface area contributed by atoms with E-state index in [0.29, 0.717) is 16.3 Å². The van der Waals surface area contributed by atoms with Crippen molar-refractivity contribution in [3.05, 3.63) is 52.0 Å². The lowest BCUT2D eigenvalue weighted by Gasteiger charge is -2.03. The lowest BCUT2D eigenvalue weighted by Crippen LogP contribution is -2.02. The molecule has 0 atom stereocenters. The average Bonchev–Trinajstić information content (AvgIpc) is 2.70. The highest BCUT2D eigenvalue weighted by molar-refractivity contribution is 7.71. The zero-order chi connectivity index (χ0) is 12.5. The zero-order valence-electron chi connectivity index (χ0n) is 9.30. The van der Waals surface area contributed by atoms with Gasteiger partial charge in [-0.1, -0.05) is 17.7 Å². The summed E-state index contributed by atoms with van der Waals surface area (Å²) in [6, 6.07) is 9.48. The number of H-pyrrole nitrogens is 1. The van der Waals surface area contributed by atoms with Crippen LogP contribution >= 0.6 is 23.8 Å². The lowest BCUT2D eigenvalue weighted by molar-refractivity contribution is 0.762. The molecule has 0 unspecified atom stereocenters. The fraction of sp³-hybridized carbons (Fsp3) is 0.0833. The van der Waals surface area contributed by atoms with Crippen LogP contribution in [-0.2, 0) is 6.54 Å². The third-order valence-corrected chi connectivity index (χ3v) is 3.34. The van der Waals surface area contributed by atoms with E-state index in [-0.39, 0.29) is 0 Å². The van der Waals surface area contributed by atoms with E-state index in [0.717, 1.165) is 16.7 Å². The highest BCUT2D eigenvalue weighted by Gasteiger charge is 2.07. The van der Waals surface area contributed by atoms with Crippen LogP contribution in [0, 0.1) is 4.77 Å². The van der Waals surface area contributed by atoms with Gasteiger partial charge >= 0.3 is 0 Å². The second-order valence-electron chi connectivity index (χ2n) is 3.87. The summed E-state index contributed by atoms with van der Waals surface area (Å²) in [5, 5.41) is 8.58. The molecule has 0 spiro atoms. The van der Waals surface area contributed by atoms with Crippen molar-refractivity contribution in [3.8, 4) is 0 Å². The SMILES string of the molecule is S=c1[nH]c2c(Cl)cccc2n1Cc1cccnn1. The molecular formula is C12H9ClN4S. The highest BCUT2D eigenvalue weighted by Crippen LogP contribution is 2.22. The summed E-state index contributed by atoms with van der Waals surface area (Å²) >= 11 is 11.4. The van der Waals surface area contributed by atoms with Crippen LogP contribution in [0.3, 0.4) is 0 Å². The minimum absolute atomic E-state index is 0.576. The predicted octanol–water partition coefficient (Wildman–Crippen LogP) is 3.19. The molecule has 0 saturated carbocycles. The second-order valence-corrected chi connectivity index (χ2v) is 4.66. The van der Waals surface area contributed by atoms with Gasteiger partial charge in [-0.25, -0.2) is 0 Å². The normalized spacial score (nSPS) is 10.9. The van der Waals surface area contributed by atoms with Crippen molar-refractivity contribution in [2.24, 2.45) is 0 Å². The zero-order valence-corrected chi connectivity index (χ0v) is 10.9. The maximum Gasteiger partial charge on any atom is 0.178 e. The number of nitrogens with zero attached hydrogens (tertiary/aromatic N) is 3. The second kappa shape index (κ2) is 4.51. The number of rotatable bonds is 2. The maximum atomic E-state index is 6.13. The quantitative estimate of drug-likeness (QED) is 0.731. The number of nitrogens with one attached hydrogen (secondary N) is 1. The molecule has 0 saturated heterocycles. The van der Waals surface area contributed by atoms with Gasteiger partial charge in [-0.15, -0.1) is 0 Å². The summed E-state index contributed by atoms with van der Waals surface area (Å²) in [5.74, 6) is 0. The van der Waals surface area contributed by atoms with Crippen LogP contribution in [0.1, 0.15) is 5.69 Å². The molecule has 0 aliphatic rings. The summed E-state index contributed by atoms with van der Waals surface area (Å²) in [6.45, 7) is 0.576. The summed E-state index contributed by atoms with van der Waals surface area (Å²) in [5.41, 5.74) is 2.68. The van der Waals surface area contributed by atoms with Gasteiger partial charge in [-0.2, -0.15) is 10.2 Å². The molecule has 2 heterocycles. The first-order chi connectivity index (χ1) is 8.75. The number of benzene rings is 1. The van der Waals surface area contributed by atoms with Crippen LogP contribution in [0.4, 0.5) is 0 Å². The van der Waals surface area contributed by atoms with E-state index in [1.165, 1.54) is 0 Å². The van der Waals surface area contributed by atoms with E-state index in [4.69, 9.17) is 23.8 Å². The molecule has 0 amide bonds. The van der Waals surface area contributed by atoms with E-state index in [1.807, 2.05) is 34.9 Å². The molecule has 6 heteroatoms. The fourth-order valence-electron chi connectivity index (χ4n) is 1.88. The number of fused-ring (bicyclic) bond motifs is 1. The molecule has 0 radical (unpaired) electrons. The largest absolute Gasteiger partial charge is 0.329 e. The Morgan fingerprint density at radius 1 is 1.28 bits per heavy atom. The lowest BCUT2D eigenvalue weighted by atomic mass is 10.3. The standard InChI is InChI=1S/C12H9ClN4S/c13-9-4-1-5-10-11(9)15-12(18)17(10)7-8-3-2-6-14-16-8/h1-6H,7H2,(H,15,18). The highest BCUT2D eigenvalue weighted by atomic mass is 35.5. The Morgan fingerprint density at radius 3 is 2.94 bits per heavy atom. The van der Waals surface area contributed by atoms with Crippen molar-refractivity contribution in [1.29, 1.82) is 0 Å². The van der Waals surface area contributed by atoms with Crippen molar-refractivity contribution in [2.45, 2.75) is 6.54 Å². The van der Waals surface area contributed by atoms with Gasteiger partial charge in [-0.3, -0.25) is 0 Å². The van der Waals surface area contributed by atoms with Crippen molar-refractivity contribution in [1.82, 2.24) is 19.7 Å². The smallest absolute Gasteiger partial charge is 0.178 e. The molecule has 18 heavy (non-hydrogen) atoms. The van der Waals surface area contributed by atoms with Gasteiger partial charge in [0.25, 0.3) is 0 Å². The van der Waals surface area contributed by atoms with Crippen LogP contribution in [0.2, 0.25) is 5.02 Å². The number of hydrogen-bond donors (Lipinski definition) is 1. The van der Waals surface area contributed by atoms with E-state index in [1.54, 1.807) is 6.20 Å². The van der Waals surface area contributed by atoms with Gasteiger partial charge in [0.1, 0.15) is 0 Å². The van der Waals surface area contributed by atoms with E-state index >= 15 is 0 Å². The number of para-hydroxylation sites is 1. The van der Waals surface area contributed by atoms with Gasteiger partial charge in [-0.05, 0) is 36.5 Å². The Morgan fingerprint density at radius 2 is 2.17 bits per heavy atom. The Bertz CT molecular complexity index is 748. The Balaban J connectivity index is 2.15. The van der Waals surface area contributed by atoms with Gasteiger partial charge in [0.05, 0.1) is 28.3 Å². The number of aromatic amines is 1. The Labute approximate surface area is 113 Å². The molecular weight excluding hydrogens is 268 g/mol. The van der Waals surface area contributed by atoms with Crippen molar-refractivity contribution < 1.29 is 0 Å². The van der Waals surface area contributed by atoms with Crippen LogP contribution < -0.4 is 0 Å². The number of halogens is 1. The van der Waals surface area contributed by atoms with E-state index < -0.39 is 0 Å². The molecule has 3 aromatic rings. The molecule has 3 rings (SSSR count). The van der Waals surface area contributed by atoms with Crippen LogP contribution in [-0.4, -0.2) is 19.7 Å². The predicted molar refractivity (Wildman–Crippen MR) is 73.3 cm³/mol. The molecule has 2 aromatic heterocycles. The molecule has 0 aliphatic carbocycles. The van der Waals surface area contributed by atoms with Crippen LogP contribution in [0.25, 0.3) is 11.0 Å². The molecule has 0 fully saturated rings. The monoisotopic (exact) mass is 276 g/mol. The molecule has 0 bridgehead atoms. The maximum absolute atomic E-state index is 6.13. The first kappa shape index (κ1) is 11.4. The molecule has 0 aliphatic heterocycles. The van der Waals surface area contributed by atoms with Gasteiger partial charge in [0.15, 0.2) is 4.77 Å². The van der Waals surface area contributed by atoms with Crippen molar-refractivity contribution in [2.75, 3.05) is 0 Å². The summed E-state index contributed by atoms with van der Waals surface area (Å²) in [4.78, 5) is 3.11. The van der Waals surface area contributed by atoms with Crippen molar-refractivity contribution >= 4 is 34.9 Å². The minimum atomic E-state index is 0.576. The van der Waals surface area contributed by atoms with E-state index in [2.05, 4.69) is 15.2 Å². The third-order valence-electron chi connectivity index (χ3n) is 2.71. The van der Waals surface area contributed by atoms with Gasteiger partial charge in [0, 0.05) is 6.20 Å². The molecule has 1 N–H and O–H groups in total. The van der Waals surface area contributed by atoms with Gasteiger partial charge in [0.2, 0.25) is 0 Å². The molecule has 1 aromatic carbocycles. The molecule has 4 nitrogen and oxygen atoms in total. The topological polar surface area (TPSA) is 46.5 Å². The van der Waals surface area contributed by atoms with Gasteiger partial charge < -0.3 is 9.55 Å². The average molecular weight is 277 g/mol. The van der Waals surface area contributed by atoms with Crippen molar-refractivity contribution in [3.63, 3.8) is 0 Å². The summed E-state index contributed by atoms with van der Waals surface area (Å²) in [6.07, 6.45) is 1.65. The minimum Gasteiger partial charge on any atom is -0.329 e. The third kappa shape index (κ3) is 1.91. The molecule has 90 valence electrons. The first-order valence-corrected chi connectivity index (χ1v) is 6.18. The van der Waals surface area contributed by atoms with Crippen LogP contribution in [0.5, 0.6) is 0 Å². The Kier molecular flexibility index (Phi) is 2.85. The number of imidazole rings is 1. The summed E-state index contributed by atoms with van der Waals surface area (Å²) in [7, 11) is 0. The Hall–Kier alpha value is -1.72. The number of hydrogen-bond acceptors (Lipinski definition) is 3. The summed E-state index contributed by atoms with van der Waals surface area (Å²) < 4.78 is 2.59. The van der Waals surface area contributed by atoms with Crippen LogP contribution in [0.15, 0.2) is 36.5 Å². The first-order valence-electron chi connectivity index (χ1n) is 5.39. The van der Waals surface area contributed by atoms with E-state index in [9.17, 15) is 0 Å².